The van der Waals surface area contributed by atoms with E-state index in [2.05, 4.69) is 15.3 Å². The second-order valence-electron chi connectivity index (χ2n) is 4.71. The van der Waals surface area contributed by atoms with Gasteiger partial charge in [0, 0.05) is 30.0 Å². The van der Waals surface area contributed by atoms with Crippen LogP contribution in [0.15, 0.2) is 48.9 Å². The van der Waals surface area contributed by atoms with E-state index in [1.54, 1.807) is 49.6 Å². The summed E-state index contributed by atoms with van der Waals surface area (Å²) in [5.74, 6) is 0.302. The third kappa shape index (κ3) is 2.97. The van der Waals surface area contributed by atoms with Crippen LogP contribution in [0.4, 0.5) is 5.95 Å². The average molecular weight is 313 g/mol. The summed E-state index contributed by atoms with van der Waals surface area (Å²) < 4.78 is 6.88. The van der Waals surface area contributed by atoms with E-state index in [0.717, 1.165) is 0 Å². The van der Waals surface area contributed by atoms with E-state index in [-0.39, 0.29) is 16.7 Å². The van der Waals surface area contributed by atoms with Crippen LogP contribution >= 0.6 is 0 Å². The van der Waals surface area contributed by atoms with Gasteiger partial charge < -0.3 is 20.0 Å². The van der Waals surface area contributed by atoms with E-state index in [1.807, 2.05) is 0 Å². The summed E-state index contributed by atoms with van der Waals surface area (Å²) in [4.78, 5) is 20.2. The lowest BCUT2D eigenvalue weighted by Crippen LogP contribution is -2.26. The molecule has 0 aliphatic carbocycles. The Bertz CT molecular complexity index is 866. The minimum Gasteiger partial charge on any atom is -0.805 e. The molecule has 0 saturated heterocycles. The maximum absolute atomic E-state index is 12.6. The van der Waals surface area contributed by atoms with Crippen LogP contribution in [0.1, 0.15) is 18.8 Å². The lowest BCUT2D eigenvalue weighted by atomic mass is 10.3. The summed E-state index contributed by atoms with van der Waals surface area (Å²) in [7, 11) is 0. The van der Waals surface area contributed by atoms with E-state index in [9.17, 15) is 10.1 Å². The monoisotopic (exact) mass is 313 g/mol. The maximum atomic E-state index is 12.6. The molecular weight excluding hydrogens is 298 g/mol. The molecule has 0 radical (unpaired) electrons. The number of fused-ring (bicyclic) bond motifs is 1. The van der Waals surface area contributed by atoms with Gasteiger partial charge in [-0.3, -0.25) is 0 Å². The van der Waals surface area contributed by atoms with Crippen molar-refractivity contribution >= 4 is 17.0 Å². The number of nitrogens with zero attached hydrogens (tertiary/aromatic N) is 4. The number of nitrogens with one attached hydrogen (secondary N) is 1. The molecule has 1 unspecified atom stereocenters. The summed E-state index contributed by atoms with van der Waals surface area (Å²) >= 11 is 0. The number of aromatic nitrogens is 4. The Morgan fingerprint density at radius 3 is 2.78 bits per heavy atom. The molecule has 1 atom stereocenters. The highest BCUT2D eigenvalue weighted by Gasteiger charge is 2.21. The quantitative estimate of drug-likeness (QED) is 0.570. The van der Waals surface area contributed by atoms with Gasteiger partial charge in [-0.05, 0) is 19.1 Å². The van der Waals surface area contributed by atoms with Gasteiger partial charge in [-0.1, -0.05) is 12.1 Å². The van der Waals surface area contributed by atoms with Crippen molar-refractivity contribution in [1.29, 1.82) is 0 Å². The van der Waals surface area contributed by atoms with Crippen molar-refractivity contribution in [3.8, 4) is 0 Å². The van der Waals surface area contributed by atoms with E-state index in [4.69, 9.17) is 4.74 Å². The van der Waals surface area contributed by atoms with Crippen molar-refractivity contribution in [3.63, 3.8) is 0 Å². The topological polar surface area (TPSA) is 98.0 Å². The third-order valence-electron chi connectivity index (χ3n) is 3.25. The van der Waals surface area contributed by atoms with Crippen molar-refractivity contribution < 1.29 is 9.16 Å². The van der Waals surface area contributed by atoms with Gasteiger partial charge in [0.25, 0.3) is 11.7 Å². The highest BCUT2D eigenvalue weighted by molar-refractivity contribution is 5.71. The zero-order chi connectivity index (χ0) is 16.2. The summed E-state index contributed by atoms with van der Waals surface area (Å²) in [6.07, 6.45) is 3.49. The Labute approximate surface area is 131 Å². The summed E-state index contributed by atoms with van der Waals surface area (Å²) in [6, 6.07) is 8.25. The van der Waals surface area contributed by atoms with Gasteiger partial charge in [0.2, 0.25) is 5.95 Å². The standard InChI is InChI=1S/C15H15N5O3/c1-2-23-14(18-15-16-8-5-9-17-15)13-10-19(21)11-6-3-4-7-12(11)20(13)22/h3-10,14H,2H2,1H3,(H,16,17,18). The van der Waals surface area contributed by atoms with Crippen molar-refractivity contribution in [2.45, 2.75) is 13.2 Å². The first-order chi connectivity index (χ1) is 11.2. The molecule has 0 spiro atoms. The van der Waals surface area contributed by atoms with Gasteiger partial charge in [0.05, 0.1) is 4.43 Å². The maximum Gasteiger partial charge on any atom is 0.285 e. The van der Waals surface area contributed by atoms with Crippen molar-refractivity contribution in [2.75, 3.05) is 11.9 Å². The highest BCUT2D eigenvalue weighted by atomic mass is 16.5. The third-order valence-corrected chi connectivity index (χ3v) is 3.25. The number of ether oxygens (including phenoxy) is 1. The Hall–Kier alpha value is -3.00. The Kier molecular flexibility index (Phi) is 4.15. The van der Waals surface area contributed by atoms with Crippen molar-refractivity contribution in [1.82, 2.24) is 14.7 Å². The number of rotatable bonds is 5. The predicted molar refractivity (Wildman–Crippen MR) is 84.1 cm³/mol. The molecule has 1 aromatic carbocycles. The summed E-state index contributed by atoms with van der Waals surface area (Å²) in [6.45, 7) is 2.14. The molecule has 0 bridgehead atoms. The molecule has 0 saturated carbocycles. The highest BCUT2D eigenvalue weighted by Crippen LogP contribution is 2.20. The van der Waals surface area contributed by atoms with Gasteiger partial charge in [-0.2, -0.15) is 0 Å². The molecule has 1 N–H and O–H groups in total. The zero-order valence-electron chi connectivity index (χ0n) is 12.4. The Balaban J connectivity index is 2.07. The van der Waals surface area contributed by atoms with Crippen molar-refractivity contribution in [2.24, 2.45) is 0 Å². The molecule has 2 heterocycles. The predicted octanol–water partition coefficient (Wildman–Crippen LogP) is 1.84. The molecule has 0 fully saturated rings. The van der Waals surface area contributed by atoms with Crippen LogP contribution in [-0.4, -0.2) is 21.3 Å². The normalized spacial score (nSPS) is 12.2. The lowest BCUT2D eigenvalue weighted by molar-refractivity contribution is -0.465. The smallest absolute Gasteiger partial charge is 0.285 e. The minimum atomic E-state index is -0.843. The van der Waals surface area contributed by atoms with Crippen LogP contribution in [0, 0.1) is 10.1 Å². The molecule has 118 valence electrons. The molecular formula is C15H15N5O3. The zero-order valence-corrected chi connectivity index (χ0v) is 12.4. The second-order valence-corrected chi connectivity index (χ2v) is 4.71. The molecule has 23 heavy (non-hydrogen) atoms. The number of para-hydroxylation sites is 2. The lowest BCUT2D eigenvalue weighted by Gasteiger charge is -2.24. The molecule has 0 amide bonds. The molecule has 0 aliphatic rings. The van der Waals surface area contributed by atoms with E-state index in [1.165, 1.54) is 6.20 Å². The van der Waals surface area contributed by atoms with Gasteiger partial charge in [0.1, 0.15) is 11.2 Å². The molecule has 0 aliphatic heterocycles. The van der Waals surface area contributed by atoms with Crippen LogP contribution in [0.3, 0.4) is 0 Å². The van der Waals surface area contributed by atoms with Gasteiger partial charge >= 0.3 is 0 Å². The number of hydrogen-bond donors (Lipinski definition) is 1. The van der Waals surface area contributed by atoms with E-state index in [0.29, 0.717) is 21.7 Å². The number of hydrogen-bond acceptors (Lipinski definition) is 6. The molecule has 8 heteroatoms. The first-order valence-electron chi connectivity index (χ1n) is 7.10. The van der Waals surface area contributed by atoms with Crippen LogP contribution in [0.5, 0.6) is 0 Å². The first kappa shape index (κ1) is 14.9. The van der Waals surface area contributed by atoms with Crippen LogP contribution in [0.25, 0.3) is 11.0 Å². The molecule has 3 aromatic rings. The average Bonchev–Trinajstić information content (AvgIpc) is 2.59. The SMILES string of the molecule is CCOC(Nc1ncccn1)c1c[n+](=O)c2ccccc2n1[O-]. The molecule has 2 aromatic heterocycles. The fourth-order valence-corrected chi connectivity index (χ4v) is 2.24. The van der Waals surface area contributed by atoms with Gasteiger partial charge in [-0.25, -0.2) is 9.97 Å². The number of benzene rings is 1. The Morgan fingerprint density at radius 2 is 2.04 bits per heavy atom. The Morgan fingerprint density at radius 1 is 1.30 bits per heavy atom. The first-order valence-corrected chi connectivity index (χ1v) is 7.10. The largest absolute Gasteiger partial charge is 0.805 e. The van der Waals surface area contributed by atoms with E-state index < -0.39 is 6.23 Å². The fraction of sp³-hybridized carbons (Fsp3) is 0.200. The van der Waals surface area contributed by atoms with Crippen molar-refractivity contribution in [3.05, 3.63) is 64.7 Å². The van der Waals surface area contributed by atoms with Crippen LogP contribution in [0.2, 0.25) is 0 Å². The van der Waals surface area contributed by atoms with Gasteiger partial charge in [0.15, 0.2) is 6.23 Å². The summed E-state index contributed by atoms with van der Waals surface area (Å²) in [5, 5.41) is 15.5. The second kappa shape index (κ2) is 6.41. The fourth-order valence-electron chi connectivity index (χ4n) is 2.24. The van der Waals surface area contributed by atoms with Crippen LogP contribution < -0.4 is 9.74 Å². The molecule has 8 nitrogen and oxygen atoms in total. The van der Waals surface area contributed by atoms with Crippen LogP contribution in [-0.2, 0) is 4.74 Å². The molecule has 3 rings (SSSR count). The number of anilines is 1. The summed E-state index contributed by atoms with van der Waals surface area (Å²) in [5.41, 5.74) is 0.686. The minimum absolute atomic E-state index is 0.132. The van der Waals surface area contributed by atoms with Gasteiger partial charge in [-0.15, -0.1) is 0 Å². The van der Waals surface area contributed by atoms with E-state index >= 15 is 0 Å².